The van der Waals surface area contributed by atoms with Gasteiger partial charge in [-0.1, -0.05) is 12.1 Å². The molecule has 1 N–H and O–H groups in total. The third-order valence-corrected chi connectivity index (χ3v) is 12.0. The first-order valence-electron chi connectivity index (χ1n) is 19.8. The highest BCUT2D eigenvalue weighted by Gasteiger charge is 2.35. The van der Waals surface area contributed by atoms with E-state index in [0.717, 1.165) is 93.3 Å². The van der Waals surface area contributed by atoms with E-state index in [2.05, 4.69) is 38.3 Å². The monoisotopic (exact) mass is 757 g/mol. The Morgan fingerprint density at radius 3 is 2.11 bits per heavy atom. The van der Waals surface area contributed by atoms with Gasteiger partial charge < -0.3 is 24.9 Å². The standard InChI is InChI=1S/C43H54F3N7O2/c1-29(2)50(4)42(55)38-24-36(8-5-30(38)3)52-19-13-32(14-20-52)28-51-17-11-31(12-18-51)23-33-6-10-40(48-27-33)49-41(54)34-15-21-53(22-16-34)37-9-7-35(26-47)39(25-37)43(44,45)46/h5-10,24-25,27,29,31-32,34H,11-23,28H2,1-4H3,(H,48,49,54). The fourth-order valence-electron chi connectivity index (χ4n) is 8.22. The van der Waals surface area contributed by atoms with Gasteiger partial charge in [-0.2, -0.15) is 18.4 Å². The van der Waals surface area contributed by atoms with E-state index in [9.17, 15) is 22.8 Å². The highest BCUT2D eigenvalue weighted by Crippen LogP contribution is 2.36. The van der Waals surface area contributed by atoms with E-state index in [1.165, 1.54) is 12.1 Å². The molecule has 2 amide bonds. The average Bonchev–Trinajstić information content (AvgIpc) is 3.18. The van der Waals surface area contributed by atoms with Crippen LogP contribution in [0.2, 0.25) is 0 Å². The first-order valence-corrected chi connectivity index (χ1v) is 19.8. The lowest BCUT2D eigenvalue weighted by Gasteiger charge is -2.38. The summed E-state index contributed by atoms with van der Waals surface area (Å²) in [5.41, 5.74) is 3.19. The largest absolute Gasteiger partial charge is 0.417 e. The second-order valence-electron chi connectivity index (χ2n) is 16.0. The minimum absolute atomic E-state index is 0.0803. The van der Waals surface area contributed by atoms with E-state index in [1.807, 2.05) is 51.0 Å². The summed E-state index contributed by atoms with van der Waals surface area (Å²) in [4.78, 5) is 39.4. The van der Waals surface area contributed by atoms with Gasteiger partial charge >= 0.3 is 6.18 Å². The van der Waals surface area contributed by atoms with E-state index in [1.54, 1.807) is 11.0 Å². The lowest BCUT2D eigenvalue weighted by atomic mass is 9.89. The molecule has 6 rings (SSSR count). The number of nitrogens with one attached hydrogen (secondary N) is 1. The van der Waals surface area contributed by atoms with Gasteiger partial charge in [0.25, 0.3) is 5.91 Å². The van der Waals surface area contributed by atoms with Crippen LogP contribution >= 0.6 is 0 Å². The summed E-state index contributed by atoms with van der Waals surface area (Å²) in [6.07, 6.45) is 3.85. The number of carbonyl (C=O) groups is 2. The molecule has 3 aromatic rings. The van der Waals surface area contributed by atoms with Crippen LogP contribution in [0.5, 0.6) is 0 Å². The quantitative estimate of drug-likeness (QED) is 0.226. The normalized spacial score (nSPS) is 18.0. The lowest BCUT2D eigenvalue weighted by molar-refractivity contribution is -0.137. The Kier molecular flexibility index (Phi) is 12.7. The first-order chi connectivity index (χ1) is 26.3. The molecule has 9 nitrogen and oxygen atoms in total. The van der Waals surface area contributed by atoms with Crippen LogP contribution in [0.25, 0.3) is 0 Å². The summed E-state index contributed by atoms with van der Waals surface area (Å²) in [6.45, 7) is 12.3. The molecule has 3 aliphatic heterocycles. The van der Waals surface area contributed by atoms with Gasteiger partial charge in [0.1, 0.15) is 5.82 Å². The number of carbonyl (C=O) groups excluding carboxylic acids is 2. The van der Waals surface area contributed by atoms with Gasteiger partial charge in [-0.3, -0.25) is 9.59 Å². The highest BCUT2D eigenvalue weighted by molar-refractivity contribution is 5.96. The third kappa shape index (κ3) is 9.98. The number of likely N-dealkylation sites (tertiary alicyclic amines) is 1. The number of aromatic nitrogens is 1. The van der Waals surface area contributed by atoms with Crippen LogP contribution < -0.4 is 15.1 Å². The van der Waals surface area contributed by atoms with Crippen molar-refractivity contribution >= 4 is 29.0 Å². The predicted octanol–water partition coefficient (Wildman–Crippen LogP) is 7.79. The van der Waals surface area contributed by atoms with Crippen molar-refractivity contribution in [2.75, 3.05) is 68.0 Å². The molecule has 4 heterocycles. The minimum Gasteiger partial charge on any atom is -0.371 e. The second-order valence-corrected chi connectivity index (χ2v) is 16.0. The molecule has 0 saturated carbocycles. The Balaban J connectivity index is 0.899. The minimum atomic E-state index is -4.61. The molecule has 3 aliphatic rings. The fraction of sp³-hybridized carbons (Fsp3) is 0.535. The molecule has 2 aromatic carbocycles. The molecule has 0 radical (unpaired) electrons. The Morgan fingerprint density at radius 2 is 1.51 bits per heavy atom. The Bertz CT molecular complexity index is 1830. The number of aryl methyl sites for hydroxylation is 1. The van der Waals surface area contributed by atoms with E-state index < -0.39 is 17.3 Å². The number of alkyl halides is 3. The van der Waals surface area contributed by atoms with Crippen LogP contribution in [0, 0.1) is 36.0 Å². The van der Waals surface area contributed by atoms with Crippen molar-refractivity contribution in [1.29, 1.82) is 5.26 Å². The molecule has 0 aliphatic carbocycles. The van der Waals surface area contributed by atoms with E-state index in [4.69, 9.17) is 5.26 Å². The smallest absolute Gasteiger partial charge is 0.371 e. The number of benzene rings is 2. The Morgan fingerprint density at radius 1 is 0.891 bits per heavy atom. The maximum absolute atomic E-state index is 13.5. The number of nitriles is 1. The number of piperidine rings is 3. The van der Waals surface area contributed by atoms with Crippen molar-refractivity contribution in [2.45, 2.75) is 77.9 Å². The first kappa shape index (κ1) is 40.0. The molecule has 294 valence electrons. The number of rotatable bonds is 10. The molecule has 3 fully saturated rings. The average molecular weight is 758 g/mol. The van der Waals surface area contributed by atoms with E-state index >= 15 is 0 Å². The number of hydrogen-bond acceptors (Lipinski definition) is 7. The fourth-order valence-corrected chi connectivity index (χ4v) is 8.22. The van der Waals surface area contributed by atoms with Crippen molar-refractivity contribution in [1.82, 2.24) is 14.8 Å². The van der Waals surface area contributed by atoms with Crippen molar-refractivity contribution in [3.63, 3.8) is 0 Å². The summed E-state index contributed by atoms with van der Waals surface area (Å²) in [7, 11) is 1.87. The van der Waals surface area contributed by atoms with Gasteiger partial charge in [-0.05, 0) is 138 Å². The summed E-state index contributed by atoms with van der Waals surface area (Å²) in [5.74, 6) is 1.48. The maximum atomic E-state index is 13.5. The SMILES string of the molecule is Cc1ccc(N2CCC(CN3CCC(Cc4ccc(NC(=O)C5CCN(c6ccc(C#N)c(C(F)(F)F)c6)CC5)nc4)CC3)CC2)cc1C(=O)N(C)C(C)C. The van der Waals surface area contributed by atoms with Crippen LogP contribution in [0.4, 0.5) is 30.4 Å². The van der Waals surface area contributed by atoms with Crippen LogP contribution in [-0.2, 0) is 17.4 Å². The molecule has 12 heteroatoms. The third-order valence-electron chi connectivity index (χ3n) is 12.0. The van der Waals surface area contributed by atoms with Crippen molar-refractivity contribution in [2.24, 2.45) is 17.8 Å². The van der Waals surface area contributed by atoms with Crippen LogP contribution in [-0.4, -0.2) is 85.5 Å². The Labute approximate surface area is 323 Å². The van der Waals surface area contributed by atoms with E-state index in [-0.39, 0.29) is 23.8 Å². The van der Waals surface area contributed by atoms with E-state index in [0.29, 0.717) is 49.3 Å². The zero-order chi connectivity index (χ0) is 39.3. The molecular weight excluding hydrogens is 704 g/mol. The number of nitrogens with zero attached hydrogens (tertiary/aromatic N) is 6. The lowest BCUT2D eigenvalue weighted by Crippen LogP contribution is -2.42. The van der Waals surface area contributed by atoms with Crippen molar-refractivity contribution in [3.05, 3.63) is 82.5 Å². The van der Waals surface area contributed by atoms with Gasteiger partial charge in [-0.15, -0.1) is 0 Å². The molecule has 0 bridgehead atoms. The molecule has 0 atom stereocenters. The Hall–Kier alpha value is -4.63. The maximum Gasteiger partial charge on any atom is 0.417 e. The topological polar surface area (TPSA) is 95.8 Å². The van der Waals surface area contributed by atoms with Crippen LogP contribution in [0.3, 0.4) is 0 Å². The summed E-state index contributed by atoms with van der Waals surface area (Å²) < 4.78 is 40.4. The zero-order valence-corrected chi connectivity index (χ0v) is 32.5. The number of anilines is 3. The summed E-state index contributed by atoms with van der Waals surface area (Å²) in [5, 5.41) is 12.0. The van der Waals surface area contributed by atoms with Crippen LogP contribution in [0.1, 0.15) is 85.0 Å². The molecule has 0 spiro atoms. The van der Waals surface area contributed by atoms with Crippen LogP contribution in [0.15, 0.2) is 54.7 Å². The highest BCUT2D eigenvalue weighted by atomic mass is 19.4. The van der Waals surface area contributed by atoms with Gasteiger partial charge in [0, 0.05) is 74.9 Å². The molecule has 1 aromatic heterocycles. The molecular formula is C43H54F3N7O2. The number of halogens is 3. The number of amides is 2. The second kappa shape index (κ2) is 17.4. The molecule has 3 saturated heterocycles. The van der Waals surface area contributed by atoms with Gasteiger partial charge in [0.2, 0.25) is 5.91 Å². The number of hydrogen-bond donors (Lipinski definition) is 1. The van der Waals surface area contributed by atoms with Crippen molar-refractivity contribution in [3.8, 4) is 6.07 Å². The molecule has 55 heavy (non-hydrogen) atoms. The van der Waals surface area contributed by atoms with Gasteiger partial charge in [0.05, 0.1) is 17.2 Å². The predicted molar refractivity (Wildman–Crippen MR) is 210 cm³/mol. The van der Waals surface area contributed by atoms with Crippen molar-refractivity contribution < 1.29 is 22.8 Å². The molecule has 0 unspecified atom stereocenters. The summed E-state index contributed by atoms with van der Waals surface area (Å²) >= 11 is 0. The van der Waals surface area contributed by atoms with Gasteiger partial charge in [-0.25, -0.2) is 4.98 Å². The van der Waals surface area contributed by atoms with Gasteiger partial charge in [0.15, 0.2) is 0 Å². The summed E-state index contributed by atoms with van der Waals surface area (Å²) in [6, 6.07) is 15.8. The number of pyridine rings is 1. The zero-order valence-electron chi connectivity index (χ0n) is 32.5.